The average molecular weight is 651 g/mol. The molecular weight excluding hydrogens is 600 g/mol. The molecule has 10 nitrogen and oxygen atoms in total. The molecule has 2 N–H and O–H groups in total. The molecule has 10 atom stereocenters. The van der Waals surface area contributed by atoms with Crippen LogP contribution in [0, 0.1) is 17.3 Å². The van der Waals surface area contributed by atoms with E-state index in [0.717, 1.165) is 12.7 Å². The molecule has 0 radical (unpaired) electrons. The van der Waals surface area contributed by atoms with Crippen LogP contribution in [0.15, 0.2) is 47.1 Å². The van der Waals surface area contributed by atoms with E-state index < -0.39 is 57.1 Å². The van der Waals surface area contributed by atoms with Gasteiger partial charge in [-0.05, 0) is 56.6 Å². The number of esters is 1. The number of aliphatic hydroxyl groups is 2. The number of hydrogen-bond donors (Lipinski definition) is 2. The van der Waals surface area contributed by atoms with Crippen molar-refractivity contribution in [2.75, 3.05) is 19.5 Å². The predicted octanol–water partition coefficient (Wildman–Crippen LogP) is 4.27. The van der Waals surface area contributed by atoms with Gasteiger partial charge in [-0.15, -0.1) is 0 Å². The molecule has 0 saturated carbocycles. The molecule has 0 aromatic rings. The Hall–Kier alpha value is -1.86. The molecule has 3 fully saturated rings. The fourth-order valence-electron chi connectivity index (χ4n) is 7.74. The van der Waals surface area contributed by atoms with Gasteiger partial charge >= 0.3 is 5.97 Å². The summed E-state index contributed by atoms with van der Waals surface area (Å²) in [7, 11) is -3.62. The monoisotopic (exact) mass is 650 g/mol. The number of fused-ring (bicyclic) bond motifs is 2. The van der Waals surface area contributed by atoms with Gasteiger partial charge in [-0.2, -0.15) is 8.42 Å². The van der Waals surface area contributed by atoms with Crippen LogP contribution >= 0.6 is 0 Å². The average Bonchev–Trinajstić information content (AvgIpc) is 3.30. The van der Waals surface area contributed by atoms with E-state index in [1.165, 1.54) is 5.57 Å². The van der Waals surface area contributed by atoms with Crippen molar-refractivity contribution < 1.29 is 46.6 Å². The minimum absolute atomic E-state index is 0.00765. The molecule has 1 aliphatic carbocycles. The van der Waals surface area contributed by atoms with Gasteiger partial charge in [0.25, 0.3) is 10.1 Å². The zero-order valence-corrected chi connectivity index (χ0v) is 28.2. The fourth-order valence-corrected chi connectivity index (χ4v) is 8.22. The first-order valence-corrected chi connectivity index (χ1v) is 18.0. The largest absolute Gasteiger partial charge is 0.462 e. The molecule has 2 bridgehead atoms. The third kappa shape index (κ3) is 7.20. The van der Waals surface area contributed by atoms with Gasteiger partial charge in [0.15, 0.2) is 5.79 Å². The number of aliphatic hydroxyl groups excluding tert-OH is 1. The van der Waals surface area contributed by atoms with E-state index in [-0.39, 0.29) is 31.3 Å². The molecule has 252 valence electrons. The van der Waals surface area contributed by atoms with Gasteiger partial charge in [0.1, 0.15) is 29.8 Å². The Morgan fingerprint density at radius 2 is 1.91 bits per heavy atom. The molecule has 5 rings (SSSR count). The number of allylic oxidation sites excluding steroid dienone is 4. The molecule has 11 heteroatoms. The molecule has 1 spiro atoms. The molecule has 4 aliphatic heterocycles. The van der Waals surface area contributed by atoms with Gasteiger partial charge in [-0.25, -0.2) is 0 Å². The van der Waals surface area contributed by atoms with Crippen molar-refractivity contribution in [2.45, 2.75) is 121 Å². The van der Waals surface area contributed by atoms with Crippen LogP contribution in [0.1, 0.15) is 79.6 Å². The van der Waals surface area contributed by atoms with Gasteiger partial charge < -0.3 is 29.2 Å². The smallest absolute Gasteiger partial charge is 0.316 e. The number of carbonyl (C=O) groups is 1. The van der Waals surface area contributed by atoms with Crippen LogP contribution in [0.4, 0.5) is 0 Å². The summed E-state index contributed by atoms with van der Waals surface area (Å²) in [5.74, 6) is -2.46. The summed E-state index contributed by atoms with van der Waals surface area (Å²) in [5.41, 5.74) is -0.0175. The zero-order valence-electron chi connectivity index (χ0n) is 27.4. The molecule has 45 heavy (non-hydrogen) atoms. The highest BCUT2D eigenvalue weighted by Gasteiger charge is 2.60. The highest BCUT2D eigenvalue weighted by molar-refractivity contribution is 7.85. The minimum atomic E-state index is -3.62. The van der Waals surface area contributed by atoms with Crippen molar-refractivity contribution in [3.05, 3.63) is 47.1 Å². The first-order valence-electron chi connectivity index (χ1n) is 16.2. The Bertz CT molecular complexity index is 1370. The second-order valence-electron chi connectivity index (χ2n) is 14.2. The van der Waals surface area contributed by atoms with Crippen LogP contribution in [0.2, 0.25) is 0 Å². The van der Waals surface area contributed by atoms with Gasteiger partial charge in [-0.3, -0.25) is 8.98 Å². The van der Waals surface area contributed by atoms with Crippen LogP contribution in [0.3, 0.4) is 0 Å². The SMILES string of the molecule is CC[C@H]1O[C@]2(CC[C@@]1(C)COS(C)(=O)=O)C[C@@H]1C[C@@H](C/C=C(\C)C[C@@H](C)/C=C/C=C3\CO[C@@H]4[C@H](O)C(C)=C[C@@H](C(=O)O1)[C@]34O)O2. The third-order valence-corrected chi connectivity index (χ3v) is 10.8. The quantitative estimate of drug-likeness (QED) is 0.258. The summed E-state index contributed by atoms with van der Waals surface area (Å²) in [6.45, 7) is 10.0. The normalized spacial score (nSPS) is 45.8. The van der Waals surface area contributed by atoms with Crippen molar-refractivity contribution in [3.8, 4) is 0 Å². The standard InChI is InChI=1S/C34H50O10S/c1-7-28-32(5,20-41-45(6,38)39)13-14-33(44-28)18-26-17-25(43-33)12-11-22(3)15-21(2)9-8-10-24-19-40-30-29(35)23(4)16-27(31(36)42-26)34(24,30)37/h8-11,16,21,25-30,35,37H,7,12-15,17-20H2,1-6H3/b9-8+,22-11+,24-10+/t21-,25+,26-,27-,28+,29+,30+,32-,33+,34+/m0/s1. The molecule has 0 aromatic heterocycles. The molecule has 5 aliphatic rings. The molecular formula is C34H50O10S. The van der Waals surface area contributed by atoms with Crippen molar-refractivity contribution in [2.24, 2.45) is 17.3 Å². The number of rotatable bonds is 4. The highest BCUT2D eigenvalue weighted by Crippen LogP contribution is 2.49. The molecule has 4 heterocycles. The van der Waals surface area contributed by atoms with Crippen LogP contribution in [-0.4, -0.2) is 86.0 Å². The number of ether oxygens (including phenoxy) is 4. The summed E-state index contributed by atoms with van der Waals surface area (Å²) in [5, 5.41) is 23.0. The van der Waals surface area contributed by atoms with E-state index in [9.17, 15) is 23.4 Å². The van der Waals surface area contributed by atoms with Crippen LogP contribution in [0.25, 0.3) is 0 Å². The zero-order chi connectivity index (χ0) is 32.8. The van der Waals surface area contributed by atoms with Crippen LogP contribution in [0.5, 0.6) is 0 Å². The lowest BCUT2D eigenvalue weighted by Gasteiger charge is -2.53. The van der Waals surface area contributed by atoms with Gasteiger partial charge in [-0.1, -0.05) is 56.7 Å². The van der Waals surface area contributed by atoms with Crippen molar-refractivity contribution >= 4 is 16.1 Å². The van der Waals surface area contributed by atoms with Crippen LogP contribution < -0.4 is 0 Å². The first-order chi connectivity index (χ1) is 21.1. The Labute approximate surface area is 267 Å². The highest BCUT2D eigenvalue weighted by atomic mass is 32.2. The van der Waals surface area contributed by atoms with Gasteiger partial charge in [0.2, 0.25) is 0 Å². The predicted molar refractivity (Wildman–Crippen MR) is 167 cm³/mol. The van der Waals surface area contributed by atoms with Gasteiger partial charge in [0.05, 0.1) is 31.7 Å². The maximum absolute atomic E-state index is 14.0. The maximum Gasteiger partial charge on any atom is 0.316 e. The summed E-state index contributed by atoms with van der Waals surface area (Å²) in [6.07, 6.45) is 11.3. The molecule has 0 amide bonds. The Morgan fingerprint density at radius 1 is 1.16 bits per heavy atom. The molecule has 3 saturated heterocycles. The molecule has 0 unspecified atom stereocenters. The number of hydrogen-bond acceptors (Lipinski definition) is 10. The van der Waals surface area contributed by atoms with E-state index >= 15 is 0 Å². The summed E-state index contributed by atoms with van der Waals surface area (Å²) in [6, 6.07) is 0. The second kappa shape index (κ2) is 13.0. The summed E-state index contributed by atoms with van der Waals surface area (Å²) >= 11 is 0. The van der Waals surface area contributed by atoms with E-state index in [1.54, 1.807) is 19.1 Å². The lowest BCUT2D eigenvalue weighted by atomic mass is 9.71. The fraction of sp³-hybridized carbons (Fsp3) is 0.735. The second-order valence-corrected chi connectivity index (χ2v) is 15.9. The van der Waals surface area contributed by atoms with Crippen molar-refractivity contribution in [3.63, 3.8) is 0 Å². The maximum atomic E-state index is 14.0. The lowest BCUT2D eigenvalue weighted by Crippen LogP contribution is -2.59. The van der Waals surface area contributed by atoms with Crippen molar-refractivity contribution in [1.82, 2.24) is 0 Å². The Kier molecular flexibility index (Phi) is 9.94. The number of carbonyl (C=O) groups excluding carboxylic acids is 1. The van der Waals surface area contributed by atoms with Crippen LogP contribution in [-0.2, 0) is 38.0 Å². The third-order valence-electron chi connectivity index (χ3n) is 10.3. The Balaban J connectivity index is 1.47. The van der Waals surface area contributed by atoms with E-state index in [0.29, 0.717) is 49.7 Å². The van der Waals surface area contributed by atoms with Gasteiger partial charge in [0, 0.05) is 24.7 Å². The first kappa shape index (κ1) is 34.5. The van der Waals surface area contributed by atoms with E-state index in [4.69, 9.17) is 23.1 Å². The topological polar surface area (TPSA) is 138 Å². The summed E-state index contributed by atoms with van der Waals surface area (Å²) in [4.78, 5) is 14.0. The lowest BCUT2D eigenvalue weighted by molar-refractivity contribution is -0.348. The minimum Gasteiger partial charge on any atom is -0.462 e. The molecule has 0 aromatic carbocycles. The van der Waals surface area contributed by atoms with E-state index in [1.807, 2.05) is 19.9 Å². The van der Waals surface area contributed by atoms with E-state index in [2.05, 4.69) is 26.0 Å². The Morgan fingerprint density at radius 3 is 2.62 bits per heavy atom. The van der Waals surface area contributed by atoms with Crippen molar-refractivity contribution in [1.29, 1.82) is 0 Å². The summed E-state index contributed by atoms with van der Waals surface area (Å²) < 4.78 is 54.4.